The zero-order chi connectivity index (χ0) is 30.7. The van der Waals surface area contributed by atoms with Crippen LogP contribution >= 0.6 is 0 Å². The summed E-state index contributed by atoms with van der Waals surface area (Å²) in [5.74, 6) is -3.13. The number of hydrogen-bond acceptors (Lipinski definition) is 5. The van der Waals surface area contributed by atoms with E-state index in [4.69, 9.17) is 5.73 Å². The second-order valence-electron chi connectivity index (χ2n) is 9.80. The van der Waals surface area contributed by atoms with Crippen molar-refractivity contribution in [3.05, 3.63) is 113 Å². The smallest absolute Gasteiger partial charge is 0.398 e. The minimum atomic E-state index is -4.74. The van der Waals surface area contributed by atoms with Crippen molar-refractivity contribution in [2.45, 2.75) is 25.8 Å². The van der Waals surface area contributed by atoms with Crippen LogP contribution in [0.4, 0.5) is 33.5 Å². The predicted molar refractivity (Wildman–Crippen MR) is 153 cm³/mol. The van der Waals surface area contributed by atoms with Crippen molar-refractivity contribution >= 4 is 28.3 Å². The molecule has 0 fully saturated rings. The largest absolute Gasteiger partial charge is 0.417 e. The summed E-state index contributed by atoms with van der Waals surface area (Å²) in [4.78, 5) is 16.8. The highest BCUT2D eigenvalue weighted by atomic mass is 19.4. The first-order valence-corrected chi connectivity index (χ1v) is 13.2. The summed E-state index contributed by atoms with van der Waals surface area (Å²) in [7, 11) is 0. The zero-order valence-electron chi connectivity index (χ0n) is 22.6. The summed E-state index contributed by atoms with van der Waals surface area (Å²) < 4.78 is 68.9. The van der Waals surface area contributed by atoms with Gasteiger partial charge < -0.3 is 26.0 Å². The molecule has 0 aliphatic heterocycles. The van der Waals surface area contributed by atoms with E-state index in [9.17, 15) is 31.9 Å². The number of nitrogens with one attached hydrogen (secondary N) is 2. The average Bonchev–Trinajstić information content (AvgIpc) is 3.36. The number of aromatic nitrogens is 2. The molecule has 2 heterocycles. The predicted octanol–water partition coefficient (Wildman–Crippen LogP) is 6.12. The number of amides is 1. The quantitative estimate of drug-likeness (QED) is 0.122. The molecule has 7 nitrogen and oxygen atoms in total. The number of anilines is 2. The molecule has 0 unspecified atom stereocenters. The molecule has 0 bridgehead atoms. The summed E-state index contributed by atoms with van der Waals surface area (Å²) >= 11 is 0. The fourth-order valence-corrected chi connectivity index (χ4v) is 4.74. The number of pyridine rings is 1. The summed E-state index contributed by atoms with van der Waals surface area (Å²) in [6.45, 7) is 0.257. The summed E-state index contributed by atoms with van der Waals surface area (Å²) in [6.07, 6.45) is -2.19. The minimum Gasteiger partial charge on any atom is -0.398 e. The fourth-order valence-electron chi connectivity index (χ4n) is 4.74. The fraction of sp³-hybridized carbons (Fsp3) is 0.161. The molecule has 12 heteroatoms. The second kappa shape index (κ2) is 12.1. The molecule has 0 radical (unpaired) electrons. The Kier molecular flexibility index (Phi) is 8.31. The average molecular weight is 596 g/mol. The third-order valence-electron chi connectivity index (χ3n) is 6.90. The first kappa shape index (κ1) is 29.5. The van der Waals surface area contributed by atoms with Gasteiger partial charge in [-0.05, 0) is 47.0 Å². The molecule has 5 N–H and O–H groups in total. The van der Waals surface area contributed by atoms with Crippen LogP contribution in [0.3, 0.4) is 0 Å². The lowest BCUT2D eigenvalue weighted by Gasteiger charge is -2.15. The number of aliphatic hydroxyl groups excluding tert-OH is 1. The molecule has 222 valence electrons. The van der Waals surface area contributed by atoms with E-state index >= 15 is 0 Å². The van der Waals surface area contributed by atoms with Crippen molar-refractivity contribution in [2.24, 2.45) is 0 Å². The first-order valence-electron chi connectivity index (χ1n) is 13.2. The van der Waals surface area contributed by atoms with Crippen LogP contribution in [-0.2, 0) is 25.8 Å². The molecular formula is C31H26F5N5O2. The molecule has 3 aromatic carbocycles. The van der Waals surface area contributed by atoms with Crippen LogP contribution in [0.25, 0.3) is 22.0 Å². The van der Waals surface area contributed by atoms with Crippen LogP contribution in [0.15, 0.2) is 79.1 Å². The van der Waals surface area contributed by atoms with Gasteiger partial charge in [-0.2, -0.15) is 13.2 Å². The number of rotatable bonds is 9. The number of nitrogens with two attached hydrogens (primary N) is 1. The van der Waals surface area contributed by atoms with E-state index in [0.717, 1.165) is 39.7 Å². The Morgan fingerprint density at radius 3 is 2.40 bits per heavy atom. The van der Waals surface area contributed by atoms with Crippen molar-refractivity contribution in [2.75, 3.05) is 17.7 Å². The maximum atomic E-state index is 13.5. The van der Waals surface area contributed by atoms with Crippen LogP contribution in [0.5, 0.6) is 0 Å². The highest BCUT2D eigenvalue weighted by Crippen LogP contribution is 2.35. The Morgan fingerprint density at radius 2 is 1.70 bits per heavy atom. The number of hydrogen-bond donors (Lipinski definition) is 4. The summed E-state index contributed by atoms with van der Waals surface area (Å²) in [6, 6.07) is 16.7. The van der Waals surface area contributed by atoms with Crippen molar-refractivity contribution in [3.63, 3.8) is 0 Å². The first-order chi connectivity index (χ1) is 20.5. The SMILES string of the molecule is Nc1cccc2c1c(-c1ccc(CNc3ncc(C(F)(F)F)cc3C(=O)NCc3ccc(F)c(F)c3)cc1)cn2CCO. The van der Waals surface area contributed by atoms with Gasteiger partial charge in [-0.15, -0.1) is 0 Å². The van der Waals surface area contributed by atoms with Gasteiger partial charge in [0.15, 0.2) is 11.6 Å². The van der Waals surface area contributed by atoms with Gasteiger partial charge in [0, 0.05) is 48.7 Å². The molecule has 0 aliphatic carbocycles. The number of fused-ring (bicyclic) bond motifs is 1. The van der Waals surface area contributed by atoms with Crippen LogP contribution in [0.2, 0.25) is 0 Å². The second-order valence-corrected chi connectivity index (χ2v) is 9.80. The lowest BCUT2D eigenvalue weighted by atomic mass is 10.0. The van der Waals surface area contributed by atoms with E-state index in [-0.39, 0.29) is 36.6 Å². The molecule has 0 saturated heterocycles. The number of nitrogen functional groups attached to an aromatic ring is 1. The van der Waals surface area contributed by atoms with Gasteiger partial charge in [-0.25, -0.2) is 13.8 Å². The Bertz CT molecular complexity index is 1780. The van der Waals surface area contributed by atoms with Crippen LogP contribution in [0.1, 0.15) is 27.0 Å². The van der Waals surface area contributed by atoms with Gasteiger partial charge >= 0.3 is 6.18 Å². The summed E-state index contributed by atoms with van der Waals surface area (Å²) in [5.41, 5.74) is 9.00. The van der Waals surface area contributed by atoms with Gasteiger partial charge in [0.05, 0.1) is 23.3 Å². The zero-order valence-corrected chi connectivity index (χ0v) is 22.6. The maximum Gasteiger partial charge on any atom is 0.417 e. The molecule has 2 aromatic heterocycles. The molecule has 5 rings (SSSR count). The Morgan fingerprint density at radius 1 is 0.953 bits per heavy atom. The standard InChI is InChI=1S/C31H26F5N5O2/c32-24-9-6-19(12-25(24)33)15-40-30(43)22-13-21(31(34,35)36)16-39-29(22)38-14-18-4-7-20(8-5-18)23-17-41(10-11-42)27-3-1-2-26(37)28(23)27/h1-9,12-13,16-17,42H,10-11,14-15,37H2,(H,38,39)(H,40,43). The topological polar surface area (TPSA) is 105 Å². The van der Waals surface area contributed by atoms with Gasteiger partial charge in [0.2, 0.25) is 0 Å². The van der Waals surface area contributed by atoms with Gasteiger partial charge in [-0.3, -0.25) is 4.79 Å². The van der Waals surface area contributed by atoms with E-state index in [1.807, 2.05) is 47.2 Å². The van der Waals surface area contributed by atoms with Gasteiger partial charge in [0.1, 0.15) is 5.82 Å². The molecule has 43 heavy (non-hydrogen) atoms. The van der Waals surface area contributed by atoms with Crippen molar-refractivity contribution < 1.29 is 31.9 Å². The van der Waals surface area contributed by atoms with E-state index in [1.54, 1.807) is 6.07 Å². The van der Waals surface area contributed by atoms with E-state index < -0.39 is 29.3 Å². The normalized spacial score (nSPS) is 11.6. The number of halogens is 5. The Labute approximate surface area is 242 Å². The third kappa shape index (κ3) is 6.44. The molecule has 5 aromatic rings. The monoisotopic (exact) mass is 595 g/mol. The van der Waals surface area contributed by atoms with Gasteiger partial charge in [0.25, 0.3) is 5.91 Å². The molecule has 0 atom stereocenters. The number of aliphatic hydroxyl groups is 1. The van der Waals surface area contributed by atoms with E-state index in [0.29, 0.717) is 24.5 Å². The lowest BCUT2D eigenvalue weighted by Crippen LogP contribution is -2.25. The van der Waals surface area contributed by atoms with E-state index in [2.05, 4.69) is 15.6 Å². The summed E-state index contributed by atoms with van der Waals surface area (Å²) in [5, 5.41) is 15.7. The number of benzene rings is 3. The Balaban J connectivity index is 1.35. The van der Waals surface area contributed by atoms with Crippen molar-refractivity contribution in [1.82, 2.24) is 14.9 Å². The maximum absolute atomic E-state index is 13.5. The van der Waals surface area contributed by atoms with Crippen molar-refractivity contribution in [1.29, 1.82) is 0 Å². The molecule has 0 aliphatic rings. The van der Waals surface area contributed by atoms with Crippen molar-refractivity contribution in [3.8, 4) is 11.1 Å². The Hall–Kier alpha value is -4.97. The highest BCUT2D eigenvalue weighted by molar-refractivity contribution is 6.03. The minimum absolute atomic E-state index is 0.0363. The third-order valence-corrected chi connectivity index (χ3v) is 6.90. The van der Waals surface area contributed by atoms with Crippen LogP contribution < -0.4 is 16.4 Å². The molecular weight excluding hydrogens is 569 g/mol. The number of nitrogens with zero attached hydrogens (tertiary/aromatic N) is 2. The number of carbonyl (C=O) groups is 1. The number of carbonyl (C=O) groups excluding carboxylic acids is 1. The van der Waals surface area contributed by atoms with E-state index in [1.165, 1.54) is 6.07 Å². The van der Waals surface area contributed by atoms with Crippen LogP contribution in [-0.4, -0.2) is 27.2 Å². The lowest BCUT2D eigenvalue weighted by molar-refractivity contribution is -0.137. The number of alkyl halides is 3. The van der Waals surface area contributed by atoms with Gasteiger partial charge in [-0.1, -0.05) is 36.4 Å². The molecule has 0 saturated carbocycles. The molecule has 1 amide bonds. The molecule has 0 spiro atoms. The highest BCUT2D eigenvalue weighted by Gasteiger charge is 2.32. The van der Waals surface area contributed by atoms with Crippen LogP contribution in [0, 0.1) is 11.6 Å².